The van der Waals surface area contributed by atoms with Crippen molar-refractivity contribution in [2.45, 2.75) is 109 Å². The van der Waals surface area contributed by atoms with Gasteiger partial charge in [-0.2, -0.15) is 4.98 Å². The molecule has 0 saturated carbocycles. The monoisotopic (exact) mass is 703 g/mol. The van der Waals surface area contributed by atoms with E-state index in [1.165, 1.54) is 22.4 Å². The quantitative estimate of drug-likeness (QED) is 0.125. The number of amides is 2. The van der Waals surface area contributed by atoms with Crippen LogP contribution in [0.15, 0.2) is 47.4 Å². The lowest BCUT2D eigenvalue weighted by molar-refractivity contribution is -0.147. The number of nitrogens with two attached hydrogens (primary N) is 1. The molecule has 13 nitrogen and oxygen atoms in total. The summed E-state index contributed by atoms with van der Waals surface area (Å²) in [6.07, 6.45) is 3.91. The van der Waals surface area contributed by atoms with Crippen molar-refractivity contribution in [3.8, 4) is 0 Å². The van der Waals surface area contributed by atoms with Gasteiger partial charge in [-0.3, -0.25) is 9.36 Å². The SMILES string of the molecule is CC(C)(C)OC(=O)N(CCCCCC(=O)OC[C@@H]1O[C@H](n2ccc(N)nc2=O)CS1)CCCCN(Cc1ccccc1)C(=O)OC(C)(C)C. The molecule has 2 atom stereocenters. The number of esters is 1. The van der Waals surface area contributed by atoms with Crippen LogP contribution in [0.3, 0.4) is 0 Å². The Kier molecular flexibility index (Phi) is 15.2. The highest BCUT2D eigenvalue weighted by atomic mass is 32.2. The summed E-state index contributed by atoms with van der Waals surface area (Å²) in [6.45, 7) is 13.0. The molecule has 2 N–H and O–H groups in total. The van der Waals surface area contributed by atoms with Crippen molar-refractivity contribution in [1.82, 2.24) is 19.4 Å². The second-order valence-electron chi connectivity index (χ2n) is 14.0. The van der Waals surface area contributed by atoms with Gasteiger partial charge in [0, 0.05) is 44.5 Å². The number of hydrogen-bond donors (Lipinski definition) is 1. The fraction of sp³-hybridized carbons (Fsp3) is 0.629. The molecule has 0 bridgehead atoms. The van der Waals surface area contributed by atoms with Gasteiger partial charge in [-0.1, -0.05) is 36.8 Å². The number of carbonyl (C=O) groups excluding carboxylic acids is 3. The van der Waals surface area contributed by atoms with Gasteiger partial charge in [-0.15, -0.1) is 11.8 Å². The predicted octanol–water partition coefficient (Wildman–Crippen LogP) is 5.97. The number of ether oxygens (including phenoxy) is 4. The highest BCUT2D eigenvalue weighted by molar-refractivity contribution is 8.00. The van der Waals surface area contributed by atoms with Crippen LogP contribution in [0.5, 0.6) is 0 Å². The van der Waals surface area contributed by atoms with Gasteiger partial charge in [0.1, 0.15) is 35.3 Å². The fourth-order valence-corrected chi connectivity index (χ4v) is 5.88. The first-order chi connectivity index (χ1) is 23.1. The summed E-state index contributed by atoms with van der Waals surface area (Å²) in [5.74, 6) is 0.346. The van der Waals surface area contributed by atoms with Crippen molar-refractivity contribution in [2.75, 3.05) is 37.7 Å². The number of hydrogen-bond acceptors (Lipinski definition) is 11. The van der Waals surface area contributed by atoms with Crippen LogP contribution in [0.4, 0.5) is 15.4 Å². The van der Waals surface area contributed by atoms with Gasteiger partial charge in [-0.05, 0) is 78.9 Å². The van der Waals surface area contributed by atoms with Gasteiger partial charge in [0.2, 0.25) is 0 Å². The molecule has 1 aliphatic rings. The summed E-state index contributed by atoms with van der Waals surface area (Å²) < 4.78 is 23.9. The van der Waals surface area contributed by atoms with Crippen LogP contribution in [-0.2, 0) is 30.3 Å². The van der Waals surface area contributed by atoms with Gasteiger partial charge in [-0.25, -0.2) is 14.4 Å². The number of benzene rings is 1. The molecule has 1 aromatic heterocycles. The van der Waals surface area contributed by atoms with E-state index in [1.807, 2.05) is 71.9 Å². The lowest BCUT2D eigenvalue weighted by Gasteiger charge is -2.29. The van der Waals surface area contributed by atoms with E-state index >= 15 is 0 Å². The first-order valence-corrected chi connectivity index (χ1v) is 17.9. The van der Waals surface area contributed by atoms with Gasteiger partial charge in [0.25, 0.3) is 0 Å². The summed E-state index contributed by atoms with van der Waals surface area (Å²) in [4.78, 5) is 57.6. The van der Waals surface area contributed by atoms with Crippen LogP contribution in [0.1, 0.15) is 91.9 Å². The smallest absolute Gasteiger partial charge is 0.410 e. The highest BCUT2D eigenvalue weighted by Gasteiger charge is 2.29. The zero-order chi connectivity index (χ0) is 36.0. The summed E-state index contributed by atoms with van der Waals surface area (Å²) >= 11 is 1.46. The van der Waals surface area contributed by atoms with Crippen molar-refractivity contribution >= 4 is 35.7 Å². The van der Waals surface area contributed by atoms with E-state index in [2.05, 4.69) is 4.98 Å². The zero-order valence-electron chi connectivity index (χ0n) is 29.7. The molecule has 0 unspecified atom stereocenters. The summed E-state index contributed by atoms with van der Waals surface area (Å²) in [5.41, 5.74) is 4.46. The standard InChI is InChI=1S/C35H53N5O8S/c1-34(2,3)47-32(43)38(20-13-14-21-39(33(44)48-35(4,5)6)23-26-15-9-7-10-16-26)19-12-8-11-17-29(41)45-24-30-46-28(25-49-30)40-22-18-27(36)37-31(40)42/h7,9-10,15-16,18,22,28,30H,8,11-14,17,19-21,23-25H2,1-6H3,(H2,36,37,42)/t28-,30+/m0/s1. The first kappa shape index (κ1) is 39.7. The average Bonchev–Trinajstić information content (AvgIpc) is 3.47. The molecule has 272 valence electrons. The fourth-order valence-electron chi connectivity index (χ4n) is 4.90. The van der Waals surface area contributed by atoms with Crippen LogP contribution >= 0.6 is 11.8 Å². The van der Waals surface area contributed by atoms with Crippen molar-refractivity contribution < 1.29 is 33.3 Å². The predicted molar refractivity (Wildman–Crippen MR) is 189 cm³/mol. The number of rotatable bonds is 16. The summed E-state index contributed by atoms with van der Waals surface area (Å²) in [7, 11) is 0. The van der Waals surface area contributed by atoms with Gasteiger partial charge < -0.3 is 34.5 Å². The Balaban J connectivity index is 1.41. The highest BCUT2D eigenvalue weighted by Crippen LogP contribution is 2.31. The number of thioether (sulfide) groups is 1. The molecule has 0 aliphatic carbocycles. The number of nitrogen functional groups attached to an aromatic ring is 1. The minimum Gasteiger partial charge on any atom is -0.462 e. The van der Waals surface area contributed by atoms with E-state index in [-0.39, 0.29) is 42.4 Å². The second-order valence-corrected chi connectivity index (χ2v) is 15.1. The Bertz CT molecular complexity index is 1410. The molecule has 2 heterocycles. The molecule has 1 aliphatic heterocycles. The lowest BCUT2D eigenvalue weighted by Crippen LogP contribution is -2.39. The van der Waals surface area contributed by atoms with Gasteiger partial charge >= 0.3 is 23.8 Å². The van der Waals surface area contributed by atoms with Crippen LogP contribution in [0, 0.1) is 0 Å². The Hall–Kier alpha value is -3.78. The minimum absolute atomic E-state index is 0.0836. The number of aromatic nitrogens is 2. The largest absolute Gasteiger partial charge is 0.462 e. The number of nitrogens with zero attached hydrogens (tertiary/aromatic N) is 4. The van der Waals surface area contributed by atoms with Crippen molar-refractivity contribution in [2.24, 2.45) is 0 Å². The molecule has 14 heteroatoms. The second kappa shape index (κ2) is 18.8. The number of carbonyl (C=O) groups is 3. The lowest BCUT2D eigenvalue weighted by atomic mass is 10.1. The van der Waals surface area contributed by atoms with E-state index in [1.54, 1.807) is 16.0 Å². The number of unbranched alkanes of at least 4 members (excludes halogenated alkanes) is 3. The maximum Gasteiger partial charge on any atom is 0.410 e. The third-order valence-corrected chi connectivity index (χ3v) is 8.31. The third kappa shape index (κ3) is 15.1. The Morgan fingerprint density at radius 1 is 0.898 bits per heavy atom. The zero-order valence-corrected chi connectivity index (χ0v) is 30.5. The molecule has 1 saturated heterocycles. The summed E-state index contributed by atoms with van der Waals surface area (Å²) in [5, 5.41) is 0. The molecule has 0 radical (unpaired) electrons. The van der Waals surface area contributed by atoms with E-state index in [9.17, 15) is 19.2 Å². The van der Waals surface area contributed by atoms with E-state index in [0.717, 1.165) is 12.0 Å². The number of anilines is 1. The van der Waals surface area contributed by atoms with Gasteiger partial charge in [0.15, 0.2) is 0 Å². The van der Waals surface area contributed by atoms with E-state index in [4.69, 9.17) is 24.7 Å². The molecule has 1 aromatic carbocycles. The van der Waals surface area contributed by atoms with Crippen LogP contribution in [-0.4, -0.2) is 86.1 Å². The van der Waals surface area contributed by atoms with Crippen molar-refractivity contribution in [3.05, 3.63) is 58.6 Å². The van der Waals surface area contributed by atoms with Crippen molar-refractivity contribution in [3.63, 3.8) is 0 Å². The molecule has 3 rings (SSSR count). The Morgan fingerprint density at radius 2 is 1.49 bits per heavy atom. The van der Waals surface area contributed by atoms with Crippen LogP contribution < -0.4 is 11.4 Å². The van der Waals surface area contributed by atoms with Crippen LogP contribution in [0.25, 0.3) is 0 Å². The molecular weight excluding hydrogens is 650 g/mol. The molecule has 49 heavy (non-hydrogen) atoms. The Labute approximate surface area is 293 Å². The van der Waals surface area contributed by atoms with Gasteiger partial charge in [0.05, 0.1) is 0 Å². The molecular formula is C35H53N5O8S. The topological polar surface area (TPSA) is 156 Å². The molecule has 0 spiro atoms. The maximum atomic E-state index is 13.0. The maximum absolute atomic E-state index is 13.0. The Morgan fingerprint density at radius 3 is 2.10 bits per heavy atom. The van der Waals surface area contributed by atoms with Crippen LogP contribution in [0.2, 0.25) is 0 Å². The average molecular weight is 704 g/mol. The molecule has 1 fully saturated rings. The van der Waals surface area contributed by atoms with Crippen molar-refractivity contribution in [1.29, 1.82) is 0 Å². The van der Waals surface area contributed by atoms with E-state index in [0.29, 0.717) is 57.6 Å². The summed E-state index contributed by atoms with van der Waals surface area (Å²) in [6, 6.07) is 11.3. The van der Waals surface area contributed by atoms with E-state index < -0.39 is 23.1 Å². The normalized spacial score (nSPS) is 16.2. The third-order valence-electron chi connectivity index (χ3n) is 7.21. The molecule has 2 amide bonds. The minimum atomic E-state index is -0.633. The first-order valence-electron chi connectivity index (χ1n) is 16.9. The molecule has 2 aromatic rings.